The lowest BCUT2D eigenvalue weighted by Crippen LogP contribution is -2.36. The summed E-state index contributed by atoms with van der Waals surface area (Å²) in [5.41, 5.74) is 4.19. The molecule has 0 saturated heterocycles. The number of ether oxygens (including phenoxy) is 1. The number of benzene rings is 1. The van der Waals surface area contributed by atoms with Crippen LogP contribution in [0.4, 0.5) is 0 Å². The SMILES string of the molecule is CCCCCC1(C)N=C(c2cnc3c(C)ccnn23)c2ccccc2O1. The van der Waals surface area contributed by atoms with Gasteiger partial charge in [-0.25, -0.2) is 14.5 Å². The van der Waals surface area contributed by atoms with Crippen molar-refractivity contribution in [3.05, 3.63) is 59.5 Å². The lowest BCUT2D eigenvalue weighted by atomic mass is 10.00. The first-order valence-electron chi connectivity index (χ1n) is 9.29. The van der Waals surface area contributed by atoms with Crippen LogP contribution < -0.4 is 4.74 Å². The first kappa shape index (κ1) is 16.8. The van der Waals surface area contributed by atoms with Gasteiger partial charge in [0.05, 0.1) is 6.20 Å². The molecule has 1 aliphatic rings. The quantitative estimate of drug-likeness (QED) is 0.635. The Balaban J connectivity index is 1.85. The number of fused-ring (bicyclic) bond motifs is 2. The van der Waals surface area contributed by atoms with Gasteiger partial charge in [-0.1, -0.05) is 31.9 Å². The normalized spacial score (nSPS) is 19.1. The van der Waals surface area contributed by atoms with Gasteiger partial charge in [0.25, 0.3) is 0 Å². The fourth-order valence-corrected chi connectivity index (χ4v) is 3.49. The van der Waals surface area contributed by atoms with Gasteiger partial charge in [-0.05, 0) is 44.0 Å². The van der Waals surface area contributed by atoms with E-state index < -0.39 is 5.72 Å². The largest absolute Gasteiger partial charge is 0.466 e. The van der Waals surface area contributed by atoms with Crippen LogP contribution in [-0.4, -0.2) is 26.0 Å². The summed E-state index contributed by atoms with van der Waals surface area (Å²) in [5.74, 6) is 0.874. The van der Waals surface area contributed by atoms with Gasteiger partial charge in [-0.15, -0.1) is 0 Å². The van der Waals surface area contributed by atoms with E-state index in [2.05, 4.69) is 30.0 Å². The average molecular weight is 348 g/mol. The van der Waals surface area contributed by atoms with E-state index in [-0.39, 0.29) is 0 Å². The van der Waals surface area contributed by atoms with Crippen LogP contribution in [0, 0.1) is 6.92 Å². The Morgan fingerprint density at radius 3 is 2.85 bits per heavy atom. The van der Waals surface area contributed by atoms with E-state index in [9.17, 15) is 0 Å². The van der Waals surface area contributed by atoms with Crippen molar-refractivity contribution in [3.63, 3.8) is 0 Å². The summed E-state index contributed by atoms with van der Waals surface area (Å²) in [6.07, 6.45) is 8.02. The molecule has 5 heteroatoms. The van der Waals surface area contributed by atoms with Gasteiger partial charge in [0, 0.05) is 18.2 Å². The van der Waals surface area contributed by atoms with Gasteiger partial charge in [0.2, 0.25) is 0 Å². The molecule has 0 bridgehead atoms. The van der Waals surface area contributed by atoms with E-state index in [1.165, 1.54) is 12.8 Å². The molecule has 0 saturated carbocycles. The Kier molecular flexibility index (Phi) is 4.23. The van der Waals surface area contributed by atoms with Crippen LogP contribution in [0.15, 0.2) is 47.7 Å². The zero-order valence-corrected chi connectivity index (χ0v) is 15.6. The number of nitrogens with zero attached hydrogens (tertiary/aromatic N) is 4. The van der Waals surface area contributed by atoms with Crippen LogP contribution in [0.2, 0.25) is 0 Å². The number of para-hydroxylation sites is 1. The molecule has 2 aromatic heterocycles. The highest BCUT2D eigenvalue weighted by molar-refractivity contribution is 6.14. The summed E-state index contributed by atoms with van der Waals surface area (Å²) in [7, 11) is 0. The standard InChI is InChI=1S/C21H24N4O/c1-4-5-8-12-21(3)24-19(16-9-6-7-10-18(16)26-21)17-14-22-20-15(2)11-13-23-25(17)20/h6-7,9-11,13-14H,4-5,8,12H2,1-3H3. The molecular weight excluding hydrogens is 324 g/mol. The summed E-state index contributed by atoms with van der Waals surface area (Å²) in [6, 6.07) is 10.1. The van der Waals surface area contributed by atoms with Crippen molar-refractivity contribution < 1.29 is 4.74 Å². The Hall–Kier alpha value is -2.69. The Bertz CT molecular complexity index is 975. The Morgan fingerprint density at radius 2 is 2.00 bits per heavy atom. The lowest BCUT2D eigenvalue weighted by Gasteiger charge is -2.33. The summed E-state index contributed by atoms with van der Waals surface area (Å²) in [6.45, 7) is 6.32. The maximum atomic E-state index is 6.29. The van der Waals surface area contributed by atoms with Crippen molar-refractivity contribution >= 4 is 11.4 Å². The number of rotatable bonds is 5. The van der Waals surface area contributed by atoms with Gasteiger partial charge in [0.15, 0.2) is 11.4 Å². The van der Waals surface area contributed by atoms with Crippen LogP contribution in [0.1, 0.15) is 56.4 Å². The topological polar surface area (TPSA) is 51.8 Å². The van der Waals surface area contributed by atoms with Gasteiger partial charge >= 0.3 is 0 Å². The maximum absolute atomic E-state index is 6.29. The highest BCUT2D eigenvalue weighted by Crippen LogP contribution is 2.35. The van der Waals surface area contributed by atoms with Gasteiger partial charge in [-0.2, -0.15) is 5.10 Å². The maximum Gasteiger partial charge on any atom is 0.198 e. The second kappa shape index (κ2) is 6.56. The van der Waals surface area contributed by atoms with Gasteiger partial charge in [-0.3, -0.25) is 0 Å². The summed E-state index contributed by atoms with van der Waals surface area (Å²) < 4.78 is 8.17. The van der Waals surface area contributed by atoms with Crippen LogP contribution in [-0.2, 0) is 0 Å². The van der Waals surface area contributed by atoms with Gasteiger partial charge in [0.1, 0.15) is 17.2 Å². The third-order valence-corrected chi connectivity index (χ3v) is 4.90. The fourth-order valence-electron chi connectivity index (χ4n) is 3.49. The predicted octanol–water partition coefficient (Wildman–Crippen LogP) is 4.56. The monoisotopic (exact) mass is 348 g/mol. The van der Waals surface area contributed by atoms with Crippen molar-refractivity contribution in [3.8, 4) is 5.75 Å². The minimum atomic E-state index is -0.563. The molecule has 1 unspecified atom stereocenters. The van der Waals surface area contributed by atoms with Crippen LogP contribution in [0.5, 0.6) is 5.75 Å². The minimum absolute atomic E-state index is 0.563. The molecule has 0 radical (unpaired) electrons. The van der Waals surface area contributed by atoms with Crippen LogP contribution in [0.3, 0.4) is 0 Å². The first-order valence-corrected chi connectivity index (χ1v) is 9.29. The van der Waals surface area contributed by atoms with E-state index in [0.29, 0.717) is 0 Å². The molecule has 1 aromatic carbocycles. The second-order valence-electron chi connectivity index (χ2n) is 7.08. The zero-order valence-electron chi connectivity index (χ0n) is 15.6. The number of unbranched alkanes of at least 4 members (excludes halogenated alkanes) is 2. The molecule has 0 amide bonds. The molecule has 134 valence electrons. The molecule has 3 heterocycles. The van der Waals surface area contributed by atoms with Crippen molar-refractivity contribution in [1.29, 1.82) is 0 Å². The molecule has 0 spiro atoms. The first-order chi connectivity index (χ1) is 12.6. The number of hydrogen-bond donors (Lipinski definition) is 0. The third kappa shape index (κ3) is 2.87. The smallest absolute Gasteiger partial charge is 0.198 e. The minimum Gasteiger partial charge on any atom is -0.466 e. The highest BCUT2D eigenvalue weighted by atomic mass is 16.5. The van der Waals surface area contributed by atoms with Crippen molar-refractivity contribution in [2.75, 3.05) is 0 Å². The lowest BCUT2D eigenvalue weighted by molar-refractivity contribution is 0.0817. The van der Waals surface area contributed by atoms with E-state index in [1.807, 2.05) is 41.9 Å². The molecule has 4 rings (SSSR count). The average Bonchev–Trinajstić information content (AvgIpc) is 3.06. The van der Waals surface area contributed by atoms with E-state index in [1.54, 1.807) is 6.20 Å². The molecule has 5 nitrogen and oxygen atoms in total. The van der Waals surface area contributed by atoms with E-state index in [4.69, 9.17) is 9.73 Å². The number of hydrogen-bond acceptors (Lipinski definition) is 4. The second-order valence-corrected chi connectivity index (χ2v) is 7.08. The molecule has 0 fully saturated rings. The molecule has 1 aliphatic heterocycles. The van der Waals surface area contributed by atoms with Crippen molar-refractivity contribution in [1.82, 2.24) is 14.6 Å². The predicted molar refractivity (Wildman–Crippen MR) is 103 cm³/mol. The third-order valence-electron chi connectivity index (χ3n) is 4.90. The Labute approximate surface area is 153 Å². The zero-order chi connectivity index (χ0) is 18.1. The molecule has 0 aliphatic carbocycles. The summed E-state index contributed by atoms with van der Waals surface area (Å²) in [4.78, 5) is 9.61. The molecule has 1 atom stereocenters. The summed E-state index contributed by atoms with van der Waals surface area (Å²) >= 11 is 0. The highest BCUT2D eigenvalue weighted by Gasteiger charge is 2.33. The van der Waals surface area contributed by atoms with E-state index in [0.717, 1.165) is 46.8 Å². The Morgan fingerprint density at radius 1 is 1.15 bits per heavy atom. The fraction of sp³-hybridized carbons (Fsp3) is 0.381. The van der Waals surface area contributed by atoms with Crippen molar-refractivity contribution in [2.24, 2.45) is 4.99 Å². The van der Waals surface area contributed by atoms with Crippen LogP contribution >= 0.6 is 0 Å². The molecular formula is C21H24N4O. The van der Waals surface area contributed by atoms with Crippen molar-refractivity contribution in [2.45, 2.75) is 52.2 Å². The number of aliphatic imine (C=N–C) groups is 1. The summed E-state index contributed by atoms with van der Waals surface area (Å²) in [5, 5.41) is 4.51. The van der Waals surface area contributed by atoms with Gasteiger partial charge < -0.3 is 4.74 Å². The molecule has 0 N–H and O–H groups in total. The van der Waals surface area contributed by atoms with Crippen LogP contribution in [0.25, 0.3) is 5.65 Å². The molecule has 26 heavy (non-hydrogen) atoms. The molecule has 3 aromatic rings. The number of aromatic nitrogens is 3. The van der Waals surface area contributed by atoms with E-state index >= 15 is 0 Å². The number of aryl methyl sites for hydroxylation is 1. The number of imidazole rings is 1.